The molecule has 1 aliphatic carbocycles. The summed E-state index contributed by atoms with van der Waals surface area (Å²) < 4.78 is 0. The van der Waals surface area contributed by atoms with Crippen LogP contribution in [0.2, 0.25) is 0 Å². The number of rotatable bonds is 5. The molecule has 0 aliphatic heterocycles. The Hall–Kier alpha value is -1.39. The number of hydrogen-bond donors (Lipinski definition) is 2. The molecule has 4 nitrogen and oxygen atoms in total. The molecule has 0 saturated heterocycles. The van der Waals surface area contributed by atoms with E-state index in [-0.39, 0.29) is 6.10 Å². The van der Waals surface area contributed by atoms with E-state index >= 15 is 0 Å². The maximum atomic E-state index is 10.7. The molecule has 0 unspecified atom stereocenters. The lowest BCUT2D eigenvalue weighted by Gasteiger charge is -2.34. The van der Waals surface area contributed by atoms with Crippen LogP contribution in [-0.2, 0) is 6.54 Å². The van der Waals surface area contributed by atoms with E-state index in [1.54, 1.807) is 12.1 Å². The van der Waals surface area contributed by atoms with Crippen LogP contribution in [0.1, 0.15) is 28.8 Å². The van der Waals surface area contributed by atoms with E-state index in [9.17, 15) is 9.90 Å². The Balaban J connectivity index is 1.83. The molecule has 1 saturated carbocycles. The minimum absolute atomic E-state index is 0.0988. The van der Waals surface area contributed by atoms with Crippen LogP contribution in [0.25, 0.3) is 0 Å². The molecule has 4 heteroatoms. The van der Waals surface area contributed by atoms with Crippen molar-refractivity contribution in [1.29, 1.82) is 0 Å². The molecule has 0 atom stereocenters. The summed E-state index contributed by atoms with van der Waals surface area (Å²) in [7, 11) is 2.05. The van der Waals surface area contributed by atoms with Crippen LogP contribution in [0.15, 0.2) is 24.3 Å². The SMILES string of the molecule is CN(Cc1ccc(C(=O)O)cc1)CC1CC(O)C1. The van der Waals surface area contributed by atoms with E-state index in [0.29, 0.717) is 11.5 Å². The second kappa shape index (κ2) is 5.50. The summed E-state index contributed by atoms with van der Waals surface area (Å²) in [4.78, 5) is 12.9. The minimum atomic E-state index is -0.890. The van der Waals surface area contributed by atoms with E-state index in [1.165, 1.54) is 0 Å². The maximum Gasteiger partial charge on any atom is 0.335 e. The molecule has 2 rings (SSSR count). The first-order valence-corrected chi connectivity index (χ1v) is 6.23. The second-order valence-electron chi connectivity index (χ2n) is 5.19. The third kappa shape index (κ3) is 3.31. The predicted octanol–water partition coefficient (Wildman–Crippen LogP) is 1.59. The Kier molecular flexibility index (Phi) is 3.99. The van der Waals surface area contributed by atoms with Crippen LogP contribution in [0.5, 0.6) is 0 Å². The molecule has 1 fully saturated rings. The third-order valence-corrected chi connectivity index (χ3v) is 3.43. The zero-order valence-electron chi connectivity index (χ0n) is 10.5. The van der Waals surface area contributed by atoms with E-state index < -0.39 is 5.97 Å². The fourth-order valence-corrected chi connectivity index (χ4v) is 2.42. The van der Waals surface area contributed by atoms with Gasteiger partial charge >= 0.3 is 5.97 Å². The van der Waals surface area contributed by atoms with Gasteiger partial charge in [0.15, 0.2) is 0 Å². The van der Waals surface area contributed by atoms with Gasteiger partial charge in [0.2, 0.25) is 0 Å². The molecule has 18 heavy (non-hydrogen) atoms. The summed E-state index contributed by atoms with van der Waals surface area (Å²) in [5, 5.41) is 18.0. The highest BCUT2D eigenvalue weighted by Crippen LogP contribution is 2.27. The van der Waals surface area contributed by atoms with Gasteiger partial charge in [-0.05, 0) is 43.5 Å². The van der Waals surface area contributed by atoms with Crippen LogP contribution in [0.3, 0.4) is 0 Å². The monoisotopic (exact) mass is 249 g/mol. The van der Waals surface area contributed by atoms with Crippen LogP contribution >= 0.6 is 0 Å². The van der Waals surface area contributed by atoms with E-state index in [4.69, 9.17) is 5.11 Å². The van der Waals surface area contributed by atoms with Gasteiger partial charge in [-0.15, -0.1) is 0 Å². The summed E-state index contributed by atoms with van der Waals surface area (Å²) >= 11 is 0. The van der Waals surface area contributed by atoms with Crippen molar-refractivity contribution in [2.24, 2.45) is 5.92 Å². The van der Waals surface area contributed by atoms with Crippen molar-refractivity contribution in [1.82, 2.24) is 4.90 Å². The molecule has 1 aromatic carbocycles. The number of aliphatic hydroxyl groups is 1. The Labute approximate surface area is 107 Å². The Bertz CT molecular complexity index is 410. The fraction of sp³-hybridized carbons (Fsp3) is 0.500. The Morgan fingerprint density at radius 2 is 1.94 bits per heavy atom. The van der Waals surface area contributed by atoms with Gasteiger partial charge < -0.3 is 15.1 Å². The summed E-state index contributed by atoms with van der Waals surface area (Å²) in [6, 6.07) is 6.99. The lowest BCUT2D eigenvalue weighted by Crippen LogP contribution is -2.36. The molecular weight excluding hydrogens is 230 g/mol. The van der Waals surface area contributed by atoms with Crippen molar-refractivity contribution in [3.8, 4) is 0 Å². The first kappa shape index (κ1) is 13.1. The zero-order chi connectivity index (χ0) is 13.1. The normalized spacial score (nSPS) is 22.8. The van der Waals surface area contributed by atoms with Crippen LogP contribution in [-0.4, -0.2) is 40.8 Å². The molecule has 0 spiro atoms. The first-order valence-electron chi connectivity index (χ1n) is 6.23. The number of hydrogen-bond acceptors (Lipinski definition) is 3. The summed E-state index contributed by atoms with van der Waals surface area (Å²) in [6.45, 7) is 1.80. The van der Waals surface area contributed by atoms with Gasteiger partial charge in [0.25, 0.3) is 0 Å². The van der Waals surface area contributed by atoms with E-state index in [0.717, 1.165) is 31.5 Å². The summed E-state index contributed by atoms with van der Waals surface area (Å²) in [5.41, 5.74) is 1.44. The summed E-state index contributed by atoms with van der Waals surface area (Å²) in [5.74, 6) is -0.290. The highest BCUT2D eigenvalue weighted by atomic mass is 16.4. The standard InChI is InChI=1S/C14H19NO3/c1-15(9-11-6-13(16)7-11)8-10-2-4-12(5-3-10)14(17)18/h2-5,11,13,16H,6-9H2,1H3,(H,17,18). The van der Waals surface area contributed by atoms with Gasteiger partial charge in [-0.25, -0.2) is 4.79 Å². The van der Waals surface area contributed by atoms with Gasteiger partial charge in [-0.3, -0.25) is 0 Å². The number of benzene rings is 1. The van der Waals surface area contributed by atoms with Gasteiger partial charge in [-0.2, -0.15) is 0 Å². The minimum Gasteiger partial charge on any atom is -0.478 e. The Morgan fingerprint density at radius 1 is 1.33 bits per heavy atom. The molecular formula is C14H19NO3. The number of carboxylic acid groups (broad SMARTS) is 1. The average Bonchev–Trinajstić information content (AvgIpc) is 2.27. The van der Waals surface area contributed by atoms with Crippen molar-refractivity contribution < 1.29 is 15.0 Å². The lowest BCUT2D eigenvalue weighted by molar-refractivity contribution is 0.0274. The average molecular weight is 249 g/mol. The van der Waals surface area contributed by atoms with Gasteiger partial charge in [0.1, 0.15) is 0 Å². The van der Waals surface area contributed by atoms with Crippen molar-refractivity contribution in [2.45, 2.75) is 25.5 Å². The maximum absolute atomic E-state index is 10.7. The van der Waals surface area contributed by atoms with Crippen LogP contribution < -0.4 is 0 Å². The van der Waals surface area contributed by atoms with Gasteiger partial charge in [0, 0.05) is 13.1 Å². The smallest absolute Gasteiger partial charge is 0.335 e. The van der Waals surface area contributed by atoms with Crippen LogP contribution in [0.4, 0.5) is 0 Å². The molecule has 0 radical (unpaired) electrons. The van der Waals surface area contributed by atoms with Crippen molar-refractivity contribution in [2.75, 3.05) is 13.6 Å². The molecule has 1 aliphatic rings. The first-order chi connectivity index (χ1) is 8.54. The van der Waals surface area contributed by atoms with Crippen molar-refractivity contribution in [3.63, 3.8) is 0 Å². The molecule has 0 heterocycles. The van der Waals surface area contributed by atoms with Crippen LogP contribution in [0, 0.1) is 5.92 Å². The Morgan fingerprint density at radius 3 is 2.44 bits per heavy atom. The molecule has 98 valence electrons. The number of aliphatic hydroxyl groups excluding tert-OH is 1. The van der Waals surface area contributed by atoms with E-state index in [2.05, 4.69) is 11.9 Å². The number of carboxylic acids is 1. The van der Waals surface area contributed by atoms with Gasteiger partial charge in [-0.1, -0.05) is 12.1 Å². The molecule has 0 amide bonds. The number of aromatic carboxylic acids is 1. The zero-order valence-corrected chi connectivity index (χ0v) is 10.5. The predicted molar refractivity (Wildman–Crippen MR) is 68.5 cm³/mol. The topological polar surface area (TPSA) is 60.8 Å². The fourth-order valence-electron chi connectivity index (χ4n) is 2.42. The third-order valence-electron chi connectivity index (χ3n) is 3.43. The highest BCUT2D eigenvalue weighted by molar-refractivity contribution is 5.87. The number of nitrogens with zero attached hydrogens (tertiary/aromatic N) is 1. The van der Waals surface area contributed by atoms with E-state index in [1.807, 2.05) is 12.1 Å². The van der Waals surface area contributed by atoms with Crippen molar-refractivity contribution >= 4 is 5.97 Å². The summed E-state index contributed by atoms with van der Waals surface area (Å²) in [6.07, 6.45) is 1.71. The highest BCUT2D eigenvalue weighted by Gasteiger charge is 2.27. The quantitative estimate of drug-likeness (QED) is 0.832. The number of carbonyl (C=O) groups is 1. The largest absolute Gasteiger partial charge is 0.478 e. The lowest BCUT2D eigenvalue weighted by atomic mass is 9.82. The molecule has 0 bridgehead atoms. The molecule has 0 aromatic heterocycles. The second-order valence-corrected chi connectivity index (χ2v) is 5.19. The van der Waals surface area contributed by atoms with Crippen molar-refractivity contribution in [3.05, 3.63) is 35.4 Å². The molecule has 2 N–H and O–H groups in total. The molecule has 1 aromatic rings. The van der Waals surface area contributed by atoms with Gasteiger partial charge in [0.05, 0.1) is 11.7 Å².